The molecule has 0 spiro atoms. The average Bonchev–Trinajstić information content (AvgIpc) is 2.08. The van der Waals surface area contributed by atoms with Crippen LogP contribution in [-0.4, -0.2) is 20.5 Å². The normalized spacial score (nSPS) is 28.8. The van der Waals surface area contributed by atoms with Crippen LogP contribution in [0.2, 0.25) is 0 Å². The lowest BCUT2D eigenvalue weighted by molar-refractivity contribution is 0.153. The third kappa shape index (κ3) is 1.64. The van der Waals surface area contributed by atoms with E-state index in [4.69, 9.17) is 0 Å². The summed E-state index contributed by atoms with van der Waals surface area (Å²) < 4.78 is 35.1. The molecule has 0 aliphatic carbocycles. The largest absolute Gasteiger partial charge is 0.360 e. The quantitative estimate of drug-likeness (QED) is 0.525. The molecule has 9 heavy (non-hydrogen) atoms. The fourth-order valence-electron chi connectivity index (χ4n) is 0.776. The van der Waals surface area contributed by atoms with Gasteiger partial charge in [0.1, 0.15) is 0 Å². The van der Waals surface area contributed by atoms with Crippen LogP contribution in [0.25, 0.3) is 0 Å². The summed E-state index contributed by atoms with van der Waals surface area (Å²) in [5, 5.41) is 0. The maximum atomic E-state index is 10.2. The summed E-state index contributed by atoms with van der Waals surface area (Å²) in [5.74, 6) is 0. The van der Waals surface area contributed by atoms with Gasteiger partial charge >= 0.3 is 10.1 Å². The molecular weight excluding hydrogens is 144 g/mol. The summed E-state index contributed by atoms with van der Waals surface area (Å²) in [6, 6.07) is 0. The molecule has 53 valence electrons. The second-order valence-electron chi connectivity index (χ2n) is 1.94. The Morgan fingerprint density at radius 2 is 2.11 bits per heavy atom. The number of rotatable bonds is 1. The van der Waals surface area contributed by atoms with Crippen molar-refractivity contribution in [2.75, 3.05) is 6.61 Å². The van der Waals surface area contributed by atoms with Crippen LogP contribution in [0.1, 0.15) is 12.8 Å². The Morgan fingerprint density at radius 3 is 2.33 bits per heavy atom. The highest BCUT2D eigenvalue weighted by Gasteiger charge is 2.28. The number of ether oxygens (including phenoxy) is 1. The lowest BCUT2D eigenvalue weighted by Crippen LogP contribution is -2.16. The van der Waals surface area contributed by atoms with Crippen molar-refractivity contribution in [1.82, 2.24) is 0 Å². The highest BCUT2D eigenvalue weighted by molar-refractivity contribution is 7.86. The number of hydrogen-bond donors (Lipinski definition) is 0. The molecule has 1 aliphatic rings. The van der Waals surface area contributed by atoms with Crippen molar-refractivity contribution < 1.29 is 17.7 Å². The summed E-state index contributed by atoms with van der Waals surface area (Å²) in [6.45, 7) is 0.395. The van der Waals surface area contributed by atoms with E-state index in [1.54, 1.807) is 0 Å². The molecule has 1 atom stereocenters. The Balaban J connectivity index is 2.63. The zero-order valence-corrected chi connectivity index (χ0v) is 5.56. The summed E-state index contributed by atoms with van der Waals surface area (Å²) in [5.41, 5.74) is -1.07. The Morgan fingerprint density at radius 1 is 1.44 bits per heavy atom. The first-order chi connectivity index (χ1) is 4.11. The molecule has 1 rings (SSSR count). The molecule has 0 aromatic heterocycles. The molecule has 0 bridgehead atoms. The monoisotopic (exact) mass is 151 g/mol. The van der Waals surface area contributed by atoms with Gasteiger partial charge in [-0.2, -0.15) is 8.42 Å². The summed E-state index contributed by atoms with van der Waals surface area (Å²) >= 11 is 0. The van der Waals surface area contributed by atoms with Crippen LogP contribution in [-0.2, 0) is 19.4 Å². The molecule has 0 aromatic rings. The smallest absolute Gasteiger partial charge is 0.321 e. The first kappa shape index (κ1) is 6.98. The van der Waals surface area contributed by atoms with Crippen molar-refractivity contribution in [2.24, 2.45) is 0 Å². The lowest BCUT2D eigenvalue weighted by Gasteiger charge is -2.00. The maximum Gasteiger partial charge on any atom is 0.321 e. The van der Waals surface area contributed by atoms with Crippen LogP contribution in [0.3, 0.4) is 0 Å². The van der Waals surface area contributed by atoms with Crippen LogP contribution >= 0.6 is 0 Å². The Bertz CT molecular complexity index is 177. The van der Waals surface area contributed by atoms with Gasteiger partial charge in [0, 0.05) is 6.61 Å². The van der Waals surface area contributed by atoms with E-state index in [0.29, 0.717) is 19.4 Å². The van der Waals surface area contributed by atoms with Crippen molar-refractivity contribution in [3.05, 3.63) is 0 Å². The Kier molecular flexibility index (Phi) is 1.74. The van der Waals surface area contributed by atoms with Crippen LogP contribution in [0.5, 0.6) is 0 Å². The van der Waals surface area contributed by atoms with Crippen molar-refractivity contribution in [1.29, 1.82) is 0 Å². The van der Waals surface area contributed by atoms with E-state index >= 15 is 0 Å². The maximum absolute atomic E-state index is 10.2. The van der Waals surface area contributed by atoms with Crippen molar-refractivity contribution >= 4 is 10.1 Å². The summed E-state index contributed by atoms with van der Waals surface area (Å²) in [7, 11) is -4.17. The van der Waals surface area contributed by atoms with Gasteiger partial charge in [-0.15, -0.1) is 0 Å². The van der Waals surface area contributed by atoms with Gasteiger partial charge in [-0.1, -0.05) is 4.55 Å². The molecule has 0 aromatic carbocycles. The predicted octanol–water partition coefficient (Wildman–Crippen LogP) is -0.117. The van der Waals surface area contributed by atoms with Crippen molar-refractivity contribution in [3.63, 3.8) is 0 Å². The highest BCUT2D eigenvalue weighted by Crippen LogP contribution is 2.16. The molecule has 1 heterocycles. The molecule has 1 unspecified atom stereocenters. The van der Waals surface area contributed by atoms with Gasteiger partial charge in [-0.25, -0.2) is 0 Å². The molecule has 0 amide bonds. The first-order valence-corrected chi connectivity index (χ1v) is 4.14. The third-order valence-corrected chi connectivity index (χ3v) is 2.23. The minimum atomic E-state index is -4.17. The van der Waals surface area contributed by atoms with Crippen LogP contribution < -0.4 is 0 Å². The standard InChI is InChI=1S/C4H7O4S/c5-9(6,7)4-2-1-3-8-4/h4H,1-3H2. The van der Waals surface area contributed by atoms with Gasteiger partial charge in [0.05, 0.1) is 0 Å². The Hall–Kier alpha value is -0.130. The van der Waals surface area contributed by atoms with E-state index in [9.17, 15) is 13.0 Å². The third-order valence-electron chi connectivity index (χ3n) is 1.21. The van der Waals surface area contributed by atoms with Gasteiger partial charge in [0.15, 0.2) is 5.44 Å². The van der Waals surface area contributed by atoms with E-state index in [-0.39, 0.29) is 0 Å². The summed E-state index contributed by atoms with van der Waals surface area (Å²) in [4.78, 5) is 0. The lowest BCUT2D eigenvalue weighted by atomic mass is 10.4. The molecule has 1 radical (unpaired) electrons. The fourth-order valence-corrected chi connectivity index (χ4v) is 1.49. The molecule has 5 heteroatoms. The van der Waals surface area contributed by atoms with Gasteiger partial charge in [-0.05, 0) is 12.8 Å². The minimum absolute atomic E-state index is 0.353. The summed E-state index contributed by atoms with van der Waals surface area (Å²) in [6.07, 6.45) is 1.03. The van der Waals surface area contributed by atoms with Gasteiger partial charge in [0.2, 0.25) is 0 Å². The van der Waals surface area contributed by atoms with E-state index in [0.717, 1.165) is 0 Å². The minimum Gasteiger partial charge on any atom is -0.360 e. The van der Waals surface area contributed by atoms with Gasteiger partial charge in [-0.3, -0.25) is 0 Å². The highest BCUT2D eigenvalue weighted by atomic mass is 32.2. The predicted molar refractivity (Wildman–Crippen MR) is 28.6 cm³/mol. The first-order valence-electron chi connectivity index (χ1n) is 2.67. The average molecular weight is 151 g/mol. The number of hydrogen-bond acceptors (Lipinski definition) is 3. The molecule has 0 saturated carbocycles. The van der Waals surface area contributed by atoms with E-state index < -0.39 is 15.6 Å². The van der Waals surface area contributed by atoms with E-state index in [1.165, 1.54) is 0 Å². The second kappa shape index (κ2) is 2.24. The van der Waals surface area contributed by atoms with Crippen LogP contribution in [0, 0.1) is 0 Å². The molecular formula is C4H7O4S. The van der Waals surface area contributed by atoms with Gasteiger partial charge < -0.3 is 4.74 Å². The van der Waals surface area contributed by atoms with Crippen molar-refractivity contribution in [2.45, 2.75) is 18.3 Å². The zero-order valence-electron chi connectivity index (χ0n) is 4.74. The van der Waals surface area contributed by atoms with Crippen LogP contribution in [0.4, 0.5) is 0 Å². The second-order valence-corrected chi connectivity index (χ2v) is 3.45. The van der Waals surface area contributed by atoms with Crippen LogP contribution in [0.15, 0.2) is 0 Å². The van der Waals surface area contributed by atoms with Gasteiger partial charge in [0.25, 0.3) is 0 Å². The Labute approximate surface area is 53.6 Å². The SMILES string of the molecule is [O]S(=O)(=O)C1CCCO1. The molecule has 4 nitrogen and oxygen atoms in total. The molecule has 1 aliphatic heterocycles. The van der Waals surface area contributed by atoms with Crippen molar-refractivity contribution in [3.8, 4) is 0 Å². The topological polar surface area (TPSA) is 63.3 Å². The zero-order chi connectivity index (χ0) is 6.91. The molecule has 1 fully saturated rings. The molecule has 0 N–H and O–H groups in total. The fraction of sp³-hybridized carbons (Fsp3) is 1.00. The molecule has 1 saturated heterocycles. The van der Waals surface area contributed by atoms with E-state index in [2.05, 4.69) is 4.74 Å². The van der Waals surface area contributed by atoms with E-state index in [1.807, 2.05) is 0 Å².